The van der Waals surface area contributed by atoms with Gasteiger partial charge in [0.1, 0.15) is 5.76 Å². The lowest BCUT2D eigenvalue weighted by Gasteiger charge is -2.31. The fourth-order valence-electron chi connectivity index (χ4n) is 5.05. The van der Waals surface area contributed by atoms with Gasteiger partial charge in [0, 0.05) is 49.9 Å². The Balaban J connectivity index is 1.47. The lowest BCUT2D eigenvalue weighted by Crippen LogP contribution is -2.42. The summed E-state index contributed by atoms with van der Waals surface area (Å²) < 4.78 is 38.0. The standard InChI is InChI=1S/C27H30ClN3O7S/c28-21-5-1-19(2-6-21)24-23(26(33)27(34)31(24)10-9-29-11-15-37-16-12-29)25(32)20-3-7-22(8-4-20)39(35,36)30-13-17-38-18-14-30/h1-8,24,32H,9-18H2/b25-23+. The number of hydrogen-bond acceptors (Lipinski definition) is 8. The Kier molecular flexibility index (Phi) is 8.36. The van der Waals surface area contributed by atoms with Crippen LogP contribution in [0.3, 0.4) is 0 Å². The zero-order chi connectivity index (χ0) is 27.6. The normalized spacial score (nSPS) is 22.9. The van der Waals surface area contributed by atoms with Gasteiger partial charge in [0.2, 0.25) is 10.0 Å². The number of halogens is 1. The minimum atomic E-state index is -3.73. The summed E-state index contributed by atoms with van der Waals surface area (Å²) in [6, 6.07) is 11.7. The predicted molar refractivity (Wildman–Crippen MR) is 144 cm³/mol. The van der Waals surface area contributed by atoms with E-state index in [0.29, 0.717) is 43.6 Å². The largest absolute Gasteiger partial charge is 0.507 e. The maximum Gasteiger partial charge on any atom is 0.295 e. The zero-order valence-electron chi connectivity index (χ0n) is 21.3. The van der Waals surface area contributed by atoms with E-state index in [1.807, 2.05) is 0 Å². The Morgan fingerprint density at radius 3 is 2.08 bits per heavy atom. The van der Waals surface area contributed by atoms with Crippen molar-refractivity contribution >= 4 is 39.1 Å². The Labute approximate surface area is 232 Å². The molecule has 3 aliphatic heterocycles. The van der Waals surface area contributed by atoms with Crippen molar-refractivity contribution in [2.24, 2.45) is 0 Å². The molecule has 39 heavy (non-hydrogen) atoms. The molecular weight excluding hydrogens is 546 g/mol. The first-order chi connectivity index (χ1) is 18.8. The van der Waals surface area contributed by atoms with Crippen molar-refractivity contribution in [1.29, 1.82) is 0 Å². The molecule has 12 heteroatoms. The number of sulfonamides is 1. The Morgan fingerprint density at radius 1 is 0.872 bits per heavy atom. The average Bonchev–Trinajstić information content (AvgIpc) is 3.22. The van der Waals surface area contributed by atoms with E-state index in [0.717, 1.165) is 13.1 Å². The average molecular weight is 576 g/mol. The van der Waals surface area contributed by atoms with E-state index in [4.69, 9.17) is 21.1 Å². The molecule has 3 aliphatic rings. The molecule has 0 aliphatic carbocycles. The highest BCUT2D eigenvalue weighted by Gasteiger charge is 2.46. The summed E-state index contributed by atoms with van der Waals surface area (Å²) in [6.07, 6.45) is 0. The molecule has 2 aromatic rings. The van der Waals surface area contributed by atoms with Gasteiger partial charge in [-0.1, -0.05) is 23.7 Å². The molecule has 0 bridgehead atoms. The van der Waals surface area contributed by atoms with Gasteiger partial charge in [0.25, 0.3) is 11.7 Å². The van der Waals surface area contributed by atoms with Gasteiger partial charge in [0.15, 0.2) is 0 Å². The molecule has 0 radical (unpaired) electrons. The molecule has 1 unspecified atom stereocenters. The highest BCUT2D eigenvalue weighted by molar-refractivity contribution is 7.89. The third kappa shape index (κ3) is 5.74. The number of nitrogens with zero attached hydrogens (tertiary/aromatic N) is 3. The molecule has 2 aromatic carbocycles. The van der Waals surface area contributed by atoms with Gasteiger partial charge in [-0.3, -0.25) is 14.5 Å². The van der Waals surface area contributed by atoms with Crippen LogP contribution in [0.25, 0.3) is 5.76 Å². The van der Waals surface area contributed by atoms with Gasteiger partial charge in [-0.2, -0.15) is 4.31 Å². The van der Waals surface area contributed by atoms with E-state index < -0.39 is 27.8 Å². The van der Waals surface area contributed by atoms with Gasteiger partial charge < -0.3 is 19.5 Å². The highest BCUT2D eigenvalue weighted by atomic mass is 35.5. The minimum Gasteiger partial charge on any atom is -0.507 e. The van der Waals surface area contributed by atoms with E-state index in [1.165, 1.54) is 33.5 Å². The first-order valence-electron chi connectivity index (χ1n) is 12.8. The van der Waals surface area contributed by atoms with Crippen molar-refractivity contribution in [2.75, 3.05) is 65.7 Å². The number of rotatable bonds is 7. The monoisotopic (exact) mass is 575 g/mol. The second-order valence-corrected chi connectivity index (χ2v) is 11.9. The first-order valence-corrected chi connectivity index (χ1v) is 14.6. The smallest absolute Gasteiger partial charge is 0.295 e. The van der Waals surface area contributed by atoms with Crippen molar-refractivity contribution < 1.29 is 32.6 Å². The summed E-state index contributed by atoms with van der Waals surface area (Å²) in [5.74, 6) is -1.85. The Morgan fingerprint density at radius 2 is 1.46 bits per heavy atom. The fourth-order valence-corrected chi connectivity index (χ4v) is 6.59. The molecule has 3 fully saturated rings. The number of carbonyl (C=O) groups excluding carboxylic acids is 2. The summed E-state index contributed by atoms with van der Waals surface area (Å²) in [6.45, 7) is 4.69. The first kappa shape index (κ1) is 27.8. The zero-order valence-corrected chi connectivity index (χ0v) is 22.9. The quantitative estimate of drug-likeness (QED) is 0.303. The fraction of sp³-hybridized carbons (Fsp3) is 0.407. The van der Waals surface area contributed by atoms with Crippen molar-refractivity contribution in [3.8, 4) is 0 Å². The van der Waals surface area contributed by atoms with Crippen LogP contribution in [-0.4, -0.2) is 105 Å². The molecule has 10 nitrogen and oxygen atoms in total. The number of morpholine rings is 2. The van der Waals surface area contributed by atoms with Gasteiger partial charge in [-0.25, -0.2) is 8.42 Å². The molecule has 0 saturated carbocycles. The van der Waals surface area contributed by atoms with Crippen LogP contribution in [0.5, 0.6) is 0 Å². The third-order valence-electron chi connectivity index (χ3n) is 7.22. The topological polar surface area (TPSA) is 117 Å². The van der Waals surface area contributed by atoms with E-state index in [2.05, 4.69) is 4.90 Å². The summed E-state index contributed by atoms with van der Waals surface area (Å²) in [7, 11) is -3.73. The van der Waals surface area contributed by atoms with Gasteiger partial charge in [-0.15, -0.1) is 0 Å². The van der Waals surface area contributed by atoms with E-state index in [-0.39, 0.29) is 41.4 Å². The van der Waals surface area contributed by atoms with Crippen LogP contribution in [0.15, 0.2) is 59.0 Å². The molecule has 208 valence electrons. The van der Waals surface area contributed by atoms with E-state index in [9.17, 15) is 23.1 Å². The van der Waals surface area contributed by atoms with Gasteiger partial charge in [-0.05, 0) is 42.0 Å². The summed E-state index contributed by atoms with van der Waals surface area (Å²) in [5, 5.41) is 11.8. The van der Waals surface area contributed by atoms with Crippen molar-refractivity contribution in [3.63, 3.8) is 0 Å². The number of ketones is 1. The van der Waals surface area contributed by atoms with E-state index >= 15 is 0 Å². The number of likely N-dealkylation sites (tertiary alicyclic amines) is 1. The van der Waals surface area contributed by atoms with Crippen LogP contribution < -0.4 is 0 Å². The van der Waals surface area contributed by atoms with Crippen LogP contribution in [0, 0.1) is 0 Å². The lowest BCUT2D eigenvalue weighted by molar-refractivity contribution is -0.140. The SMILES string of the molecule is O=C1C(=O)N(CCN2CCOCC2)C(c2ccc(Cl)cc2)/C1=C(\O)c1ccc(S(=O)(=O)N2CCOCC2)cc1. The number of Topliss-reactive ketones (excluding diaryl/α,β-unsaturated/α-hetero) is 1. The second-order valence-electron chi connectivity index (χ2n) is 9.54. The number of carbonyl (C=O) groups is 2. The van der Waals surface area contributed by atoms with Crippen molar-refractivity contribution in [2.45, 2.75) is 10.9 Å². The minimum absolute atomic E-state index is 0.0481. The summed E-state index contributed by atoms with van der Waals surface area (Å²) in [5.41, 5.74) is 0.822. The van der Waals surface area contributed by atoms with Crippen LogP contribution in [-0.2, 0) is 29.1 Å². The lowest BCUT2D eigenvalue weighted by atomic mass is 9.95. The van der Waals surface area contributed by atoms with Crippen LogP contribution in [0.4, 0.5) is 0 Å². The van der Waals surface area contributed by atoms with Crippen LogP contribution in [0.1, 0.15) is 17.2 Å². The molecule has 1 atom stereocenters. The number of aliphatic hydroxyl groups excluding tert-OH is 1. The molecule has 0 aromatic heterocycles. The molecule has 1 amide bonds. The number of ether oxygens (including phenoxy) is 2. The van der Waals surface area contributed by atoms with E-state index in [1.54, 1.807) is 24.3 Å². The molecular formula is C27H30ClN3O7S. The Bertz CT molecular complexity index is 1350. The second kappa shape index (κ2) is 11.7. The maximum absolute atomic E-state index is 13.3. The van der Waals surface area contributed by atoms with Crippen molar-refractivity contribution in [1.82, 2.24) is 14.1 Å². The molecule has 1 N–H and O–H groups in total. The summed E-state index contributed by atoms with van der Waals surface area (Å²) in [4.78, 5) is 30.2. The summed E-state index contributed by atoms with van der Waals surface area (Å²) >= 11 is 6.09. The molecule has 3 saturated heterocycles. The number of amides is 1. The third-order valence-corrected chi connectivity index (χ3v) is 9.39. The number of hydrogen-bond donors (Lipinski definition) is 1. The molecule has 0 spiro atoms. The van der Waals surface area contributed by atoms with Crippen LogP contribution in [0.2, 0.25) is 5.02 Å². The molecule has 5 rings (SSSR count). The van der Waals surface area contributed by atoms with Gasteiger partial charge in [0.05, 0.1) is 42.9 Å². The Hall–Kier alpha value is -2.80. The number of benzene rings is 2. The molecule has 3 heterocycles. The maximum atomic E-state index is 13.3. The van der Waals surface area contributed by atoms with Gasteiger partial charge >= 0.3 is 0 Å². The van der Waals surface area contributed by atoms with Crippen LogP contribution >= 0.6 is 11.6 Å². The highest BCUT2D eigenvalue weighted by Crippen LogP contribution is 2.39. The van der Waals surface area contributed by atoms with Crippen molar-refractivity contribution in [3.05, 3.63) is 70.3 Å². The number of aliphatic hydroxyl groups is 1. The predicted octanol–water partition coefficient (Wildman–Crippen LogP) is 2.11.